The van der Waals surface area contributed by atoms with Crippen molar-refractivity contribution in [3.05, 3.63) is 34.4 Å². The molecule has 1 saturated heterocycles. The molecule has 1 heterocycles. The number of likely N-dealkylation sites (tertiary alicyclic amines) is 1. The van der Waals surface area contributed by atoms with Crippen molar-refractivity contribution < 1.29 is 19.6 Å². The standard InChI is InChI=1S/C14H18N2O5/c17-9-12-4-1-2-7-15(12)14(18)10-21-13-6-3-5-11(8-13)16(19)20/h3,5-6,8,12,17H,1-2,4,7,9-10H2. The average molecular weight is 294 g/mol. The van der Waals surface area contributed by atoms with Crippen LogP contribution in [0.25, 0.3) is 0 Å². The molecule has 0 aromatic heterocycles. The predicted molar refractivity (Wildman–Crippen MR) is 75.0 cm³/mol. The number of aliphatic hydroxyl groups excluding tert-OH is 1. The molecule has 0 radical (unpaired) electrons. The minimum Gasteiger partial charge on any atom is -0.484 e. The summed E-state index contributed by atoms with van der Waals surface area (Å²) in [5.74, 6) is 0.0790. The summed E-state index contributed by atoms with van der Waals surface area (Å²) in [6.07, 6.45) is 2.71. The number of non-ortho nitro benzene ring substituents is 1. The Labute approximate surface area is 122 Å². The van der Waals surface area contributed by atoms with E-state index in [1.165, 1.54) is 18.2 Å². The van der Waals surface area contributed by atoms with Gasteiger partial charge >= 0.3 is 0 Å². The molecule has 7 heteroatoms. The average Bonchev–Trinajstić information content (AvgIpc) is 2.52. The Morgan fingerprint density at radius 2 is 2.29 bits per heavy atom. The maximum atomic E-state index is 12.1. The second-order valence-electron chi connectivity index (χ2n) is 4.96. The fourth-order valence-corrected chi connectivity index (χ4v) is 2.43. The van der Waals surface area contributed by atoms with Crippen LogP contribution in [0.1, 0.15) is 19.3 Å². The summed E-state index contributed by atoms with van der Waals surface area (Å²) in [6, 6.07) is 5.57. The maximum absolute atomic E-state index is 12.1. The molecule has 0 bridgehead atoms. The molecule has 21 heavy (non-hydrogen) atoms. The van der Waals surface area contributed by atoms with Crippen LogP contribution in [-0.4, -0.2) is 46.6 Å². The Morgan fingerprint density at radius 3 is 3.00 bits per heavy atom. The number of hydrogen-bond donors (Lipinski definition) is 1. The largest absolute Gasteiger partial charge is 0.484 e. The van der Waals surface area contributed by atoms with Crippen LogP contribution in [0.15, 0.2) is 24.3 Å². The van der Waals surface area contributed by atoms with Gasteiger partial charge in [-0.1, -0.05) is 6.07 Å². The number of hydrogen-bond acceptors (Lipinski definition) is 5. The normalized spacial score (nSPS) is 18.3. The number of rotatable bonds is 5. The van der Waals surface area contributed by atoms with E-state index < -0.39 is 4.92 Å². The van der Waals surface area contributed by atoms with Gasteiger partial charge in [-0.2, -0.15) is 0 Å². The molecule has 2 rings (SSSR count). The third kappa shape index (κ3) is 3.91. The van der Waals surface area contributed by atoms with E-state index in [4.69, 9.17) is 4.74 Å². The molecule has 7 nitrogen and oxygen atoms in total. The molecule has 1 N–H and O–H groups in total. The van der Waals surface area contributed by atoms with Crippen molar-refractivity contribution in [1.29, 1.82) is 0 Å². The van der Waals surface area contributed by atoms with E-state index in [1.807, 2.05) is 0 Å². The smallest absolute Gasteiger partial charge is 0.273 e. The van der Waals surface area contributed by atoms with Crippen molar-refractivity contribution in [3.63, 3.8) is 0 Å². The van der Waals surface area contributed by atoms with Gasteiger partial charge in [0.1, 0.15) is 5.75 Å². The van der Waals surface area contributed by atoms with Crippen molar-refractivity contribution in [2.24, 2.45) is 0 Å². The van der Waals surface area contributed by atoms with E-state index in [2.05, 4.69) is 0 Å². The Balaban J connectivity index is 1.94. The highest BCUT2D eigenvalue weighted by atomic mass is 16.6. The number of amides is 1. The molecule has 1 aromatic rings. The lowest BCUT2D eigenvalue weighted by Gasteiger charge is -2.34. The highest BCUT2D eigenvalue weighted by Crippen LogP contribution is 2.20. The topological polar surface area (TPSA) is 92.9 Å². The van der Waals surface area contributed by atoms with Gasteiger partial charge in [-0.3, -0.25) is 14.9 Å². The molecule has 0 aliphatic carbocycles. The fraction of sp³-hybridized carbons (Fsp3) is 0.500. The van der Waals surface area contributed by atoms with Gasteiger partial charge in [0.05, 0.1) is 23.6 Å². The SMILES string of the molecule is O=C(COc1cccc([N+](=O)[O-])c1)N1CCCCC1CO. The first kappa shape index (κ1) is 15.2. The molecule has 1 fully saturated rings. The number of piperidine rings is 1. The zero-order valence-electron chi connectivity index (χ0n) is 11.6. The number of carbonyl (C=O) groups excluding carboxylic acids is 1. The van der Waals surface area contributed by atoms with E-state index in [9.17, 15) is 20.0 Å². The minimum atomic E-state index is -0.513. The molecule has 1 aliphatic rings. The molecular weight excluding hydrogens is 276 g/mol. The highest BCUT2D eigenvalue weighted by molar-refractivity contribution is 5.78. The lowest BCUT2D eigenvalue weighted by atomic mass is 10.0. The summed E-state index contributed by atoms with van der Waals surface area (Å²) in [7, 11) is 0. The van der Waals surface area contributed by atoms with Crippen LogP contribution in [0.4, 0.5) is 5.69 Å². The van der Waals surface area contributed by atoms with Crippen molar-refractivity contribution in [2.75, 3.05) is 19.8 Å². The monoisotopic (exact) mass is 294 g/mol. The molecule has 1 aliphatic heterocycles. The molecular formula is C14H18N2O5. The Morgan fingerprint density at radius 1 is 1.48 bits per heavy atom. The van der Waals surface area contributed by atoms with Gasteiger partial charge in [0.25, 0.3) is 11.6 Å². The van der Waals surface area contributed by atoms with E-state index in [0.717, 1.165) is 19.3 Å². The number of aliphatic hydroxyl groups is 1. The second-order valence-corrected chi connectivity index (χ2v) is 4.96. The third-order valence-electron chi connectivity index (χ3n) is 3.55. The predicted octanol–water partition coefficient (Wildman–Crippen LogP) is 1.35. The first-order valence-electron chi connectivity index (χ1n) is 6.89. The van der Waals surface area contributed by atoms with Gasteiger partial charge < -0.3 is 14.7 Å². The van der Waals surface area contributed by atoms with Crippen molar-refractivity contribution in [2.45, 2.75) is 25.3 Å². The summed E-state index contributed by atoms with van der Waals surface area (Å²) >= 11 is 0. The third-order valence-corrected chi connectivity index (χ3v) is 3.55. The molecule has 1 unspecified atom stereocenters. The number of ether oxygens (including phenoxy) is 1. The minimum absolute atomic E-state index is 0.0530. The number of carbonyl (C=O) groups is 1. The molecule has 114 valence electrons. The second kappa shape index (κ2) is 7.03. The van der Waals surface area contributed by atoms with E-state index in [0.29, 0.717) is 6.54 Å². The van der Waals surface area contributed by atoms with Crippen LogP contribution in [0, 0.1) is 10.1 Å². The number of benzene rings is 1. The summed E-state index contributed by atoms with van der Waals surface area (Å²) in [5.41, 5.74) is -0.0776. The molecule has 0 spiro atoms. The fourth-order valence-electron chi connectivity index (χ4n) is 2.43. The van der Waals surface area contributed by atoms with Crippen LogP contribution in [0.5, 0.6) is 5.75 Å². The van der Waals surface area contributed by atoms with E-state index in [1.54, 1.807) is 11.0 Å². The number of nitrogens with zero attached hydrogens (tertiary/aromatic N) is 2. The number of nitro groups is 1. The highest BCUT2D eigenvalue weighted by Gasteiger charge is 2.26. The summed E-state index contributed by atoms with van der Waals surface area (Å²) in [5, 5.41) is 20.0. The van der Waals surface area contributed by atoms with Crippen molar-refractivity contribution >= 4 is 11.6 Å². The van der Waals surface area contributed by atoms with E-state index in [-0.39, 0.29) is 36.6 Å². The van der Waals surface area contributed by atoms with Gasteiger partial charge in [0.15, 0.2) is 6.61 Å². The van der Waals surface area contributed by atoms with Crippen molar-refractivity contribution in [3.8, 4) is 5.75 Å². The quantitative estimate of drug-likeness (QED) is 0.653. The summed E-state index contributed by atoms with van der Waals surface area (Å²) < 4.78 is 5.33. The Kier molecular flexibility index (Phi) is 5.10. The zero-order valence-corrected chi connectivity index (χ0v) is 11.6. The Bertz CT molecular complexity index is 520. The molecule has 1 amide bonds. The zero-order chi connectivity index (χ0) is 15.2. The van der Waals surface area contributed by atoms with Crippen LogP contribution in [-0.2, 0) is 4.79 Å². The first-order valence-corrected chi connectivity index (χ1v) is 6.89. The van der Waals surface area contributed by atoms with Crippen LogP contribution in [0.3, 0.4) is 0 Å². The Hall–Kier alpha value is -2.15. The molecule has 0 saturated carbocycles. The molecule has 1 aromatic carbocycles. The summed E-state index contributed by atoms with van der Waals surface area (Å²) in [6.45, 7) is 0.378. The maximum Gasteiger partial charge on any atom is 0.273 e. The number of nitro benzene ring substituents is 1. The van der Waals surface area contributed by atoms with Crippen LogP contribution in [0.2, 0.25) is 0 Å². The molecule has 1 atom stereocenters. The van der Waals surface area contributed by atoms with Gasteiger partial charge in [0.2, 0.25) is 0 Å². The lowest BCUT2D eigenvalue weighted by Crippen LogP contribution is -2.47. The lowest BCUT2D eigenvalue weighted by molar-refractivity contribution is -0.384. The van der Waals surface area contributed by atoms with E-state index >= 15 is 0 Å². The van der Waals surface area contributed by atoms with Crippen LogP contribution >= 0.6 is 0 Å². The van der Waals surface area contributed by atoms with Crippen LogP contribution < -0.4 is 4.74 Å². The van der Waals surface area contributed by atoms with Crippen molar-refractivity contribution in [1.82, 2.24) is 4.90 Å². The van der Waals surface area contributed by atoms with Gasteiger partial charge in [0, 0.05) is 12.6 Å². The van der Waals surface area contributed by atoms with Gasteiger partial charge in [-0.25, -0.2) is 0 Å². The summed E-state index contributed by atoms with van der Waals surface area (Å²) in [4.78, 5) is 23.9. The van der Waals surface area contributed by atoms with Gasteiger partial charge in [-0.05, 0) is 25.3 Å². The van der Waals surface area contributed by atoms with Gasteiger partial charge in [-0.15, -0.1) is 0 Å². The first-order chi connectivity index (χ1) is 10.1.